The molecule has 212 valence electrons. The van der Waals surface area contributed by atoms with Gasteiger partial charge in [0.25, 0.3) is 0 Å². The molecule has 0 amide bonds. The molecule has 2 aliphatic heterocycles. The molecule has 0 saturated carbocycles. The van der Waals surface area contributed by atoms with E-state index in [1.54, 1.807) is 78.8 Å². The van der Waals surface area contributed by atoms with Crippen molar-refractivity contribution in [2.45, 2.75) is 88.9 Å². The van der Waals surface area contributed by atoms with Crippen molar-refractivity contribution in [3.8, 4) is 6.07 Å². The first kappa shape index (κ1) is 29.6. The number of carbonyl (C=O) groups excluding carboxylic acids is 2. The second kappa shape index (κ2) is 10.2. The summed E-state index contributed by atoms with van der Waals surface area (Å²) in [5.74, 6) is -1.19. The highest BCUT2D eigenvalue weighted by molar-refractivity contribution is 7.96. The Morgan fingerprint density at radius 2 is 1.85 bits per heavy atom. The van der Waals surface area contributed by atoms with Crippen molar-refractivity contribution in [2.24, 2.45) is 9.36 Å². The molecule has 0 aliphatic carbocycles. The maximum Gasteiger partial charge on any atom is 0.312 e. The molecule has 2 heterocycles. The number of benzene rings is 2. The lowest BCUT2D eigenvalue weighted by Gasteiger charge is -2.46. The Kier molecular flexibility index (Phi) is 7.57. The normalized spacial score (nSPS) is 25.3. The number of nitriles is 1. The van der Waals surface area contributed by atoms with Crippen molar-refractivity contribution in [3.05, 3.63) is 70.0 Å². The Hall–Kier alpha value is -3.38. The van der Waals surface area contributed by atoms with E-state index < -0.39 is 42.7 Å². The van der Waals surface area contributed by atoms with Crippen LogP contribution in [-0.4, -0.2) is 43.8 Å². The minimum absolute atomic E-state index is 0.0144. The lowest BCUT2D eigenvalue weighted by atomic mass is 9.84. The van der Waals surface area contributed by atoms with Crippen LogP contribution in [0.2, 0.25) is 0 Å². The Labute approximate surface area is 236 Å². The fraction of sp³-hybridized carbons (Fsp3) is 0.484. The number of hydrogen-bond donors (Lipinski definition) is 0. The molecule has 3 atom stereocenters. The summed E-state index contributed by atoms with van der Waals surface area (Å²) in [6, 6.07) is 11.5. The van der Waals surface area contributed by atoms with Crippen LogP contribution in [-0.2, 0) is 31.2 Å². The van der Waals surface area contributed by atoms with Gasteiger partial charge in [0.2, 0.25) is 0 Å². The molecule has 0 radical (unpaired) electrons. The van der Waals surface area contributed by atoms with Gasteiger partial charge in [0.1, 0.15) is 17.0 Å². The average molecular weight is 566 g/mol. The first-order valence-electron chi connectivity index (χ1n) is 13.4. The molecule has 0 bridgehead atoms. The first-order valence-corrected chi connectivity index (χ1v) is 14.9. The van der Waals surface area contributed by atoms with Crippen LogP contribution in [0.15, 0.2) is 45.8 Å². The van der Waals surface area contributed by atoms with Gasteiger partial charge in [-0.15, -0.1) is 0 Å². The van der Waals surface area contributed by atoms with Crippen molar-refractivity contribution in [3.63, 3.8) is 0 Å². The highest BCUT2D eigenvalue weighted by Gasteiger charge is 2.57. The predicted molar refractivity (Wildman–Crippen MR) is 153 cm³/mol. The molecule has 0 spiro atoms. The van der Waals surface area contributed by atoms with E-state index in [4.69, 9.17) is 15.0 Å². The van der Waals surface area contributed by atoms with Gasteiger partial charge in [0.05, 0.1) is 37.8 Å². The monoisotopic (exact) mass is 565 g/mol. The molecule has 0 saturated heterocycles. The lowest BCUT2D eigenvalue weighted by molar-refractivity contribution is -0.153. The highest BCUT2D eigenvalue weighted by Crippen LogP contribution is 2.49. The van der Waals surface area contributed by atoms with E-state index in [1.807, 2.05) is 0 Å². The summed E-state index contributed by atoms with van der Waals surface area (Å²) in [5.41, 5.74) is 0.854. The molecule has 40 heavy (non-hydrogen) atoms. The van der Waals surface area contributed by atoms with Gasteiger partial charge in [0, 0.05) is 29.8 Å². The van der Waals surface area contributed by atoms with Crippen LogP contribution in [0.4, 0.5) is 4.39 Å². The number of esters is 1. The summed E-state index contributed by atoms with van der Waals surface area (Å²) in [6.45, 7) is 12.8. The largest absolute Gasteiger partial charge is 0.460 e. The number of nitrogens with zero attached hydrogens (tertiary/aromatic N) is 3. The zero-order valence-electron chi connectivity index (χ0n) is 24.1. The maximum atomic E-state index is 15.6. The number of rotatable bonds is 6. The second-order valence-electron chi connectivity index (χ2n) is 12.2. The second-order valence-corrected chi connectivity index (χ2v) is 15.2. The van der Waals surface area contributed by atoms with Crippen molar-refractivity contribution in [1.82, 2.24) is 0 Å². The Bertz CT molecular complexity index is 1590. The van der Waals surface area contributed by atoms with Crippen LogP contribution in [0.1, 0.15) is 87.0 Å². The Morgan fingerprint density at radius 1 is 1.15 bits per heavy atom. The molecular formula is C31H36FN3O4S. The number of aliphatic imine (C=N–C) groups is 1. The lowest BCUT2D eigenvalue weighted by Crippen LogP contribution is -2.56. The molecule has 9 heteroatoms. The highest BCUT2D eigenvalue weighted by atomic mass is 32.2. The number of carbonyl (C=O) groups is 2. The van der Waals surface area contributed by atoms with E-state index in [-0.39, 0.29) is 24.2 Å². The van der Waals surface area contributed by atoms with Crippen molar-refractivity contribution < 1.29 is 22.9 Å². The molecule has 2 aliphatic rings. The van der Waals surface area contributed by atoms with Crippen LogP contribution < -0.4 is 0 Å². The summed E-state index contributed by atoms with van der Waals surface area (Å²) in [5, 5.41) is 8.56. The molecule has 0 aromatic heterocycles. The summed E-state index contributed by atoms with van der Waals surface area (Å²) >= 11 is 0. The molecule has 7 nitrogen and oxygen atoms in total. The van der Waals surface area contributed by atoms with Gasteiger partial charge in [-0.1, -0.05) is 6.07 Å². The molecule has 2 aromatic rings. The minimum atomic E-state index is -2.95. The third-order valence-electron chi connectivity index (χ3n) is 7.81. The Balaban J connectivity index is 1.77. The van der Waals surface area contributed by atoms with Crippen LogP contribution >= 0.6 is 0 Å². The maximum absolute atomic E-state index is 15.6. The number of aryl methyl sites for hydroxylation is 1. The summed E-state index contributed by atoms with van der Waals surface area (Å²) in [4.78, 5) is 31.0. The van der Waals surface area contributed by atoms with E-state index >= 15 is 4.39 Å². The topological polar surface area (TPSA) is 109 Å². The van der Waals surface area contributed by atoms with Crippen LogP contribution in [0, 0.1) is 24.1 Å². The number of ether oxygens (including phenoxy) is 1. The van der Waals surface area contributed by atoms with Crippen molar-refractivity contribution >= 4 is 27.2 Å². The zero-order chi connectivity index (χ0) is 29.7. The molecule has 2 aromatic carbocycles. The van der Waals surface area contributed by atoms with Gasteiger partial charge in [-0.05, 0) is 96.3 Å². The van der Waals surface area contributed by atoms with Gasteiger partial charge < -0.3 is 4.74 Å². The molecule has 0 unspecified atom stereocenters. The van der Waals surface area contributed by atoms with Gasteiger partial charge in [-0.25, -0.2) is 13.0 Å². The Morgan fingerprint density at radius 3 is 2.48 bits per heavy atom. The van der Waals surface area contributed by atoms with Crippen molar-refractivity contribution in [2.75, 3.05) is 6.54 Å². The number of ketones is 1. The van der Waals surface area contributed by atoms with E-state index in [1.165, 1.54) is 6.07 Å². The number of halogens is 1. The first-order chi connectivity index (χ1) is 18.5. The van der Waals surface area contributed by atoms with Gasteiger partial charge >= 0.3 is 5.97 Å². The number of fused-ring (bicyclic) bond motifs is 1. The predicted octanol–water partition coefficient (Wildman–Crippen LogP) is 5.85. The summed E-state index contributed by atoms with van der Waals surface area (Å²) in [6.07, 6.45) is 0.298. The molecular weight excluding hydrogens is 529 g/mol. The smallest absolute Gasteiger partial charge is 0.312 e. The standard InChI is InChI=1S/C31H36FN3O4S/c1-19-14-21(18-33)8-10-22(19)25(36)16-20-9-11-24(32)23(15-20)31(7)27-12-13-34-40(27,38)30(5,6)26(35-31)17-28(37)39-29(2,3)4/h8-11,14-15,27H,12-13,16-17H2,1-7H3/t27-,31+,40+/m0/s1. The van der Waals surface area contributed by atoms with E-state index in [0.29, 0.717) is 40.9 Å². The fourth-order valence-corrected chi connectivity index (χ4v) is 8.99. The summed E-state index contributed by atoms with van der Waals surface area (Å²) < 4.78 is 39.2. The van der Waals surface area contributed by atoms with Crippen LogP contribution in [0.5, 0.6) is 0 Å². The third kappa shape index (κ3) is 5.22. The SMILES string of the molecule is Cc1cc(C#N)ccc1C(=O)Cc1ccc(F)c([C@@]2(C)N=C(CC(=O)OC(C)(C)C)C(C)(C)[S@@]3(=O)=NCC[C@@H]23)c1. The zero-order valence-corrected chi connectivity index (χ0v) is 24.9. The van der Waals surface area contributed by atoms with Gasteiger partial charge in [-0.3, -0.25) is 14.6 Å². The van der Waals surface area contributed by atoms with E-state index in [0.717, 1.165) is 0 Å². The van der Waals surface area contributed by atoms with E-state index in [2.05, 4.69) is 10.4 Å². The molecule has 4 rings (SSSR count). The van der Waals surface area contributed by atoms with Gasteiger partial charge in [-0.2, -0.15) is 5.26 Å². The van der Waals surface area contributed by atoms with E-state index in [9.17, 15) is 13.8 Å². The number of hydrogen-bond acceptors (Lipinski definition) is 7. The minimum Gasteiger partial charge on any atom is -0.460 e. The molecule has 0 fully saturated rings. The van der Waals surface area contributed by atoms with Gasteiger partial charge in [0.15, 0.2) is 5.78 Å². The van der Waals surface area contributed by atoms with Crippen LogP contribution in [0.25, 0.3) is 0 Å². The fourth-order valence-electron chi connectivity index (χ4n) is 5.72. The summed E-state index contributed by atoms with van der Waals surface area (Å²) in [7, 11) is -2.95. The third-order valence-corrected chi connectivity index (χ3v) is 11.5. The number of Topliss-reactive ketones (excluding diaryl/α,β-unsaturated/α-hetero) is 1. The van der Waals surface area contributed by atoms with Crippen LogP contribution in [0.3, 0.4) is 0 Å². The average Bonchev–Trinajstić information content (AvgIpc) is 3.27. The quantitative estimate of drug-likeness (QED) is 0.322. The van der Waals surface area contributed by atoms with Crippen molar-refractivity contribution in [1.29, 1.82) is 5.26 Å². The molecule has 0 N–H and O–H groups in total.